The van der Waals surface area contributed by atoms with E-state index in [2.05, 4.69) is 9.38 Å². The third-order valence-electron chi connectivity index (χ3n) is 5.34. The highest BCUT2D eigenvalue weighted by Crippen LogP contribution is 2.35. The van der Waals surface area contributed by atoms with E-state index in [1.54, 1.807) is 18.5 Å². The summed E-state index contributed by atoms with van der Waals surface area (Å²) in [5.41, 5.74) is 3.45. The number of aliphatic hydroxyl groups is 1. The van der Waals surface area contributed by atoms with Crippen LogP contribution in [0.4, 0.5) is 0 Å². The number of fused-ring (bicyclic) bond motifs is 3. The SMILES string of the molecule is CS(=O)(=O)O.O=c1c(Cc2cccnc2)cn2c3cc(Cl)ccc3c3cc(OCCCO)cc1c32. The van der Waals surface area contributed by atoms with E-state index in [9.17, 15) is 13.2 Å². The predicted molar refractivity (Wildman–Crippen MR) is 137 cm³/mol. The molecule has 8 nitrogen and oxygen atoms in total. The number of nitrogens with zero attached hydrogens (tertiary/aromatic N) is 2. The summed E-state index contributed by atoms with van der Waals surface area (Å²) in [6.45, 7) is 0.447. The topological polar surface area (TPSA) is 118 Å². The van der Waals surface area contributed by atoms with Crippen molar-refractivity contribution in [2.75, 3.05) is 19.5 Å². The fourth-order valence-corrected chi connectivity index (χ4v) is 4.17. The van der Waals surface area contributed by atoms with Crippen molar-refractivity contribution in [2.24, 2.45) is 0 Å². The van der Waals surface area contributed by atoms with E-state index in [1.165, 1.54) is 0 Å². The number of aliphatic hydroxyl groups excluding tert-OH is 1. The van der Waals surface area contributed by atoms with Gasteiger partial charge in [0.1, 0.15) is 5.75 Å². The molecular weight excluding hydrogens is 492 g/mol. The molecule has 10 heteroatoms. The first kappa shape index (κ1) is 24.9. The van der Waals surface area contributed by atoms with Crippen molar-refractivity contribution in [3.63, 3.8) is 0 Å². The number of benzene rings is 2. The number of hydrogen-bond donors (Lipinski definition) is 2. The van der Waals surface area contributed by atoms with Gasteiger partial charge in [0.05, 0.1) is 29.3 Å². The molecule has 35 heavy (non-hydrogen) atoms. The van der Waals surface area contributed by atoms with Gasteiger partial charge in [-0.15, -0.1) is 0 Å². The number of ether oxygens (including phenoxy) is 1. The van der Waals surface area contributed by atoms with E-state index >= 15 is 0 Å². The first-order valence-corrected chi connectivity index (χ1v) is 13.0. The number of hydrogen-bond acceptors (Lipinski definition) is 6. The van der Waals surface area contributed by atoms with Gasteiger partial charge in [-0.3, -0.25) is 14.3 Å². The molecule has 0 aliphatic heterocycles. The van der Waals surface area contributed by atoms with E-state index in [4.69, 9.17) is 26.0 Å². The Balaban J connectivity index is 0.000000527. The van der Waals surface area contributed by atoms with Crippen molar-refractivity contribution in [2.45, 2.75) is 12.8 Å². The lowest BCUT2D eigenvalue weighted by molar-refractivity contribution is 0.234. The third kappa shape index (κ3) is 5.71. The molecule has 0 atom stereocenters. The molecular formula is C25H23ClN2O6S. The maximum absolute atomic E-state index is 13.4. The van der Waals surface area contributed by atoms with Crippen molar-refractivity contribution >= 4 is 48.9 Å². The molecule has 0 fully saturated rings. The monoisotopic (exact) mass is 514 g/mol. The Kier molecular flexibility index (Phi) is 7.23. The number of halogens is 1. The van der Waals surface area contributed by atoms with Crippen LogP contribution in [0.15, 0.2) is 65.8 Å². The van der Waals surface area contributed by atoms with Gasteiger partial charge in [-0.25, -0.2) is 0 Å². The van der Waals surface area contributed by atoms with Crippen LogP contribution >= 0.6 is 11.6 Å². The van der Waals surface area contributed by atoms with Crippen LogP contribution in [0, 0.1) is 0 Å². The molecule has 2 aromatic carbocycles. The van der Waals surface area contributed by atoms with Crippen molar-refractivity contribution < 1.29 is 22.8 Å². The molecule has 0 unspecified atom stereocenters. The quantitative estimate of drug-likeness (QED) is 0.260. The summed E-state index contributed by atoms with van der Waals surface area (Å²) in [6.07, 6.45) is 7.14. The van der Waals surface area contributed by atoms with Crippen molar-refractivity contribution in [1.82, 2.24) is 9.38 Å². The van der Waals surface area contributed by atoms with Crippen LogP contribution in [0.25, 0.3) is 27.2 Å². The lowest BCUT2D eigenvalue weighted by atomic mass is 10.0. The smallest absolute Gasteiger partial charge is 0.261 e. The average molecular weight is 515 g/mol. The molecule has 0 spiro atoms. The number of rotatable bonds is 6. The standard InChI is InChI=1S/C24H19ClN2O3.CH4O3S/c25-17-4-5-19-20-11-18(30-8-2-7-28)12-21-23(20)27(22(19)10-17)14-16(24(21)29)9-15-3-1-6-26-13-15;1-5(2,3)4/h1,3-6,10-14,28H,2,7-9H2;1H3,(H,2,3,4). The van der Waals surface area contributed by atoms with Crippen LogP contribution in [0.5, 0.6) is 5.75 Å². The minimum Gasteiger partial charge on any atom is -0.493 e. The maximum atomic E-state index is 13.4. The van der Waals surface area contributed by atoms with Crippen molar-refractivity contribution in [3.8, 4) is 5.75 Å². The minimum atomic E-state index is -3.67. The van der Waals surface area contributed by atoms with Crippen LogP contribution in [-0.2, 0) is 16.5 Å². The highest BCUT2D eigenvalue weighted by molar-refractivity contribution is 7.85. The fraction of sp³-hybridized carbons (Fsp3) is 0.200. The summed E-state index contributed by atoms with van der Waals surface area (Å²) >= 11 is 6.29. The normalized spacial score (nSPS) is 11.7. The van der Waals surface area contributed by atoms with Gasteiger partial charge in [0.2, 0.25) is 0 Å². The highest BCUT2D eigenvalue weighted by Gasteiger charge is 2.18. The largest absolute Gasteiger partial charge is 0.493 e. The van der Waals surface area contributed by atoms with E-state index in [0.29, 0.717) is 47.4 Å². The summed E-state index contributed by atoms with van der Waals surface area (Å²) in [5, 5.41) is 12.3. The van der Waals surface area contributed by atoms with Gasteiger partial charge in [-0.1, -0.05) is 23.7 Å². The zero-order valence-electron chi connectivity index (χ0n) is 18.8. The lowest BCUT2D eigenvalue weighted by Crippen LogP contribution is -2.12. The van der Waals surface area contributed by atoms with Gasteiger partial charge in [0, 0.05) is 59.4 Å². The van der Waals surface area contributed by atoms with Crippen molar-refractivity contribution in [1.29, 1.82) is 0 Å². The predicted octanol–water partition coefficient (Wildman–Crippen LogP) is 3.95. The molecule has 0 saturated heterocycles. The van der Waals surface area contributed by atoms with Crippen molar-refractivity contribution in [3.05, 3.63) is 87.4 Å². The molecule has 3 aromatic heterocycles. The van der Waals surface area contributed by atoms with Crippen LogP contribution in [0.1, 0.15) is 17.5 Å². The third-order valence-corrected chi connectivity index (χ3v) is 5.58. The summed E-state index contributed by atoms with van der Waals surface area (Å²) in [6, 6.07) is 13.3. The molecule has 0 radical (unpaired) electrons. The second-order valence-corrected chi connectivity index (χ2v) is 9.98. The van der Waals surface area contributed by atoms with Gasteiger partial charge in [0.25, 0.3) is 10.1 Å². The molecule has 0 bridgehead atoms. The molecule has 3 heterocycles. The molecule has 0 saturated carbocycles. The van der Waals surface area contributed by atoms with E-state index in [1.807, 2.05) is 42.6 Å². The average Bonchev–Trinajstić information content (AvgIpc) is 3.10. The summed E-state index contributed by atoms with van der Waals surface area (Å²) < 4.78 is 33.7. The molecule has 2 N–H and O–H groups in total. The summed E-state index contributed by atoms with van der Waals surface area (Å²) in [4.78, 5) is 17.6. The lowest BCUT2D eigenvalue weighted by Gasteiger charge is -2.09. The second-order valence-electron chi connectivity index (χ2n) is 8.08. The number of aromatic nitrogens is 2. The molecule has 0 amide bonds. The van der Waals surface area contributed by atoms with Crippen LogP contribution in [-0.4, -0.2) is 46.9 Å². The first-order valence-electron chi connectivity index (χ1n) is 10.7. The first-order chi connectivity index (χ1) is 16.7. The molecule has 0 aliphatic rings. The van der Waals surface area contributed by atoms with Crippen LogP contribution in [0.3, 0.4) is 0 Å². The highest BCUT2D eigenvalue weighted by atomic mass is 35.5. The Morgan fingerprint density at radius 2 is 1.86 bits per heavy atom. The fourth-order valence-electron chi connectivity index (χ4n) is 4.01. The van der Waals surface area contributed by atoms with Crippen LogP contribution in [0.2, 0.25) is 5.02 Å². The molecule has 5 rings (SSSR count). The maximum Gasteiger partial charge on any atom is 0.261 e. The minimum absolute atomic E-state index is 0.0159. The zero-order valence-corrected chi connectivity index (χ0v) is 20.4. The Hall–Kier alpha value is -3.24. The van der Waals surface area contributed by atoms with Gasteiger partial charge in [0.15, 0.2) is 5.43 Å². The van der Waals surface area contributed by atoms with Crippen LogP contribution < -0.4 is 10.2 Å². The Morgan fingerprint density at radius 3 is 2.54 bits per heavy atom. The molecule has 182 valence electrons. The van der Waals surface area contributed by atoms with Gasteiger partial charge >= 0.3 is 0 Å². The number of pyridine rings is 2. The Morgan fingerprint density at radius 1 is 1.11 bits per heavy atom. The Bertz CT molecular complexity index is 1640. The zero-order chi connectivity index (χ0) is 25.2. The van der Waals surface area contributed by atoms with Gasteiger partial charge in [-0.2, -0.15) is 8.42 Å². The van der Waals surface area contributed by atoms with E-state index in [-0.39, 0.29) is 12.0 Å². The summed E-state index contributed by atoms with van der Waals surface area (Å²) in [7, 11) is -3.67. The Labute approximate surface area is 206 Å². The second kappa shape index (κ2) is 10.2. The summed E-state index contributed by atoms with van der Waals surface area (Å²) in [5.74, 6) is 0.621. The van der Waals surface area contributed by atoms with Gasteiger partial charge in [-0.05, 0) is 35.9 Å². The molecule has 0 aliphatic carbocycles. The van der Waals surface area contributed by atoms with E-state index < -0.39 is 10.1 Å². The van der Waals surface area contributed by atoms with Gasteiger partial charge < -0.3 is 14.2 Å². The van der Waals surface area contributed by atoms with E-state index in [0.717, 1.165) is 27.4 Å². The molecule has 5 aromatic rings.